The summed E-state index contributed by atoms with van der Waals surface area (Å²) in [6.45, 7) is 5.50. The van der Waals surface area contributed by atoms with Gasteiger partial charge in [-0.2, -0.15) is 0 Å². The van der Waals surface area contributed by atoms with Crippen molar-refractivity contribution in [3.8, 4) is 0 Å². The molecule has 1 N–H and O–H groups in total. The maximum atomic E-state index is 13.1. The fourth-order valence-corrected chi connectivity index (χ4v) is 3.40. The minimum absolute atomic E-state index is 0.00787. The molecule has 0 aliphatic rings. The van der Waals surface area contributed by atoms with E-state index in [1.54, 1.807) is 19.2 Å². The molecule has 1 aromatic heterocycles. The van der Waals surface area contributed by atoms with Crippen LogP contribution in [0.2, 0.25) is 0 Å². The zero-order chi connectivity index (χ0) is 22.1. The Balaban J connectivity index is 2.30. The van der Waals surface area contributed by atoms with Gasteiger partial charge in [-0.15, -0.1) is 0 Å². The van der Waals surface area contributed by atoms with Gasteiger partial charge in [-0.1, -0.05) is 13.8 Å². The molecule has 0 aliphatic carbocycles. The molecule has 0 bridgehead atoms. The number of nitrogens with zero attached hydrogens (tertiary/aromatic N) is 2. The van der Waals surface area contributed by atoms with E-state index >= 15 is 0 Å². The number of carbonyl (C=O) groups is 2. The number of amides is 2. The highest BCUT2D eigenvalue weighted by Gasteiger charge is 2.23. The van der Waals surface area contributed by atoms with E-state index in [4.69, 9.17) is 9.15 Å². The first kappa shape index (κ1) is 23.5. The number of methoxy groups -OCH3 is 1. The normalized spacial score (nSPS) is 10.9. The summed E-state index contributed by atoms with van der Waals surface area (Å²) < 4.78 is 10.4. The Morgan fingerprint density at radius 1 is 1.17 bits per heavy atom. The number of carbonyl (C=O) groups excluding carboxylic acids is 2. The molecule has 0 atom stereocenters. The Hall–Kier alpha value is -2.80. The van der Waals surface area contributed by atoms with Gasteiger partial charge in [-0.05, 0) is 48.7 Å². The van der Waals surface area contributed by atoms with Crippen molar-refractivity contribution in [3.05, 3.63) is 47.9 Å². The third-order valence-corrected chi connectivity index (χ3v) is 5.14. The second kappa shape index (κ2) is 11.4. The van der Waals surface area contributed by atoms with Crippen molar-refractivity contribution >= 4 is 23.2 Å². The van der Waals surface area contributed by atoms with Crippen LogP contribution in [-0.4, -0.2) is 51.1 Å². The van der Waals surface area contributed by atoms with E-state index in [-0.39, 0.29) is 23.5 Å². The first-order chi connectivity index (χ1) is 14.4. The number of ether oxygens (including phenoxy) is 1. The van der Waals surface area contributed by atoms with E-state index in [0.29, 0.717) is 25.4 Å². The molecule has 0 aliphatic heterocycles. The number of nitrogens with one attached hydrogen (secondary N) is 1. The molecule has 164 valence electrons. The van der Waals surface area contributed by atoms with Crippen molar-refractivity contribution < 1.29 is 18.7 Å². The van der Waals surface area contributed by atoms with Crippen LogP contribution in [0.25, 0.3) is 0 Å². The summed E-state index contributed by atoms with van der Waals surface area (Å²) >= 11 is 0. The first-order valence-electron chi connectivity index (χ1n) is 10.3. The minimum Gasteiger partial charge on any atom is -0.459 e. The lowest BCUT2D eigenvalue weighted by molar-refractivity contribution is -0.137. The van der Waals surface area contributed by atoms with Crippen molar-refractivity contribution in [2.45, 2.75) is 33.2 Å². The molecule has 0 unspecified atom stereocenters. The van der Waals surface area contributed by atoms with Crippen molar-refractivity contribution in [3.63, 3.8) is 0 Å². The SMILES string of the molecule is CCC(CC)C(=O)N(CCOC)Cc1cc(NC(=O)c2ccco2)ccc1N(C)C. The Morgan fingerprint density at radius 3 is 2.47 bits per heavy atom. The standard InChI is InChI=1S/C23H33N3O4/c1-6-17(7-2)23(28)26(12-14-29-5)16-18-15-19(10-11-20(18)25(3)4)24-22(27)21-9-8-13-30-21/h8-11,13,15,17H,6-7,12,14,16H2,1-5H3,(H,24,27). The Morgan fingerprint density at radius 2 is 1.90 bits per heavy atom. The smallest absolute Gasteiger partial charge is 0.291 e. The number of rotatable bonds is 11. The minimum atomic E-state index is -0.312. The molecule has 0 saturated heterocycles. The van der Waals surface area contributed by atoms with Gasteiger partial charge < -0.3 is 24.3 Å². The second-order valence-corrected chi connectivity index (χ2v) is 7.44. The molecule has 1 aromatic carbocycles. The van der Waals surface area contributed by atoms with Gasteiger partial charge in [0.25, 0.3) is 5.91 Å². The molecule has 0 radical (unpaired) electrons. The lowest BCUT2D eigenvalue weighted by atomic mass is 10.0. The average molecular weight is 416 g/mol. The summed E-state index contributed by atoms with van der Waals surface area (Å²) in [5, 5.41) is 2.86. The molecule has 2 rings (SSSR count). The third-order valence-electron chi connectivity index (χ3n) is 5.14. The van der Waals surface area contributed by atoms with Gasteiger partial charge in [0.1, 0.15) is 0 Å². The van der Waals surface area contributed by atoms with E-state index in [9.17, 15) is 9.59 Å². The summed E-state index contributed by atoms with van der Waals surface area (Å²) in [4.78, 5) is 29.3. The lowest BCUT2D eigenvalue weighted by Crippen LogP contribution is -2.38. The second-order valence-electron chi connectivity index (χ2n) is 7.44. The number of hydrogen-bond donors (Lipinski definition) is 1. The van der Waals surface area contributed by atoms with Crippen LogP contribution in [-0.2, 0) is 16.1 Å². The van der Waals surface area contributed by atoms with Crippen LogP contribution >= 0.6 is 0 Å². The summed E-state index contributed by atoms with van der Waals surface area (Å²) in [5.41, 5.74) is 2.59. The molecule has 7 heteroatoms. The fraction of sp³-hybridized carbons (Fsp3) is 0.478. The van der Waals surface area contributed by atoms with Crippen LogP contribution in [0.4, 0.5) is 11.4 Å². The van der Waals surface area contributed by atoms with E-state index < -0.39 is 0 Å². The Kier molecular flexibility index (Phi) is 8.92. The maximum absolute atomic E-state index is 13.1. The summed E-state index contributed by atoms with van der Waals surface area (Å²) in [7, 11) is 5.56. The molecular formula is C23H33N3O4. The van der Waals surface area contributed by atoms with Crippen LogP contribution in [0, 0.1) is 5.92 Å². The van der Waals surface area contributed by atoms with Gasteiger partial charge in [0, 0.05) is 51.6 Å². The van der Waals surface area contributed by atoms with Crippen LogP contribution in [0.5, 0.6) is 0 Å². The Bertz CT molecular complexity index is 814. The molecule has 0 saturated carbocycles. The molecular weight excluding hydrogens is 382 g/mol. The zero-order valence-corrected chi connectivity index (χ0v) is 18.6. The zero-order valence-electron chi connectivity index (χ0n) is 18.6. The maximum Gasteiger partial charge on any atom is 0.291 e. The number of furan rings is 1. The van der Waals surface area contributed by atoms with E-state index in [0.717, 1.165) is 24.1 Å². The van der Waals surface area contributed by atoms with Gasteiger partial charge in [0.05, 0.1) is 12.9 Å². The predicted molar refractivity (Wildman–Crippen MR) is 119 cm³/mol. The van der Waals surface area contributed by atoms with Crippen LogP contribution in [0.1, 0.15) is 42.8 Å². The topological polar surface area (TPSA) is 75.0 Å². The number of anilines is 2. The number of hydrogen-bond acceptors (Lipinski definition) is 5. The molecule has 30 heavy (non-hydrogen) atoms. The van der Waals surface area contributed by atoms with Crippen LogP contribution in [0.15, 0.2) is 41.0 Å². The molecule has 2 aromatic rings. The summed E-state index contributed by atoms with van der Waals surface area (Å²) in [6, 6.07) is 9.00. The molecule has 2 amide bonds. The summed E-state index contributed by atoms with van der Waals surface area (Å²) in [6.07, 6.45) is 3.07. The van der Waals surface area contributed by atoms with E-state index in [1.807, 2.05) is 55.9 Å². The fourth-order valence-electron chi connectivity index (χ4n) is 3.40. The molecule has 1 heterocycles. The van der Waals surface area contributed by atoms with Gasteiger partial charge in [0.15, 0.2) is 5.76 Å². The van der Waals surface area contributed by atoms with Gasteiger partial charge in [-0.25, -0.2) is 0 Å². The monoisotopic (exact) mass is 415 g/mol. The van der Waals surface area contributed by atoms with Gasteiger partial charge in [0.2, 0.25) is 5.91 Å². The number of benzene rings is 1. The van der Waals surface area contributed by atoms with Crippen molar-refractivity contribution in [2.24, 2.45) is 5.92 Å². The largest absolute Gasteiger partial charge is 0.459 e. The molecule has 0 spiro atoms. The highest BCUT2D eigenvalue weighted by atomic mass is 16.5. The average Bonchev–Trinajstić information content (AvgIpc) is 3.27. The van der Waals surface area contributed by atoms with Gasteiger partial charge in [-0.3, -0.25) is 9.59 Å². The van der Waals surface area contributed by atoms with Crippen molar-refractivity contribution in [2.75, 3.05) is 44.6 Å². The van der Waals surface area contributed by atoms with Crippen molar-refractivity contribution in [1.29, 1.82) is 0 Å². The van der Waals surface area contributed by atoms with Crippen LogP contribution < -0.4 is 10.2 Å². The first-order valence-corrected chi connectivity index (χ1v) is 10.3. The lowest BCUT2D eigenvalue weighted by Gasteiger charge is -2.28. The quantitative estimate of drug-likeness (QED) is 0.600. The molecule has 7 nitrogen and oxygen atoms in total. The predicted octanol–water partition coefficient (Wildman–Crippen LogP) is 4.01. The van der Waals surface area contributed by atoms with Crippen molar-refractivity contribution in [1.82, 2.24) is 4.90 Å². The van der Waals surface area contributed by atoms with E-state index in [1.165, 1.54) is 6.26 Å². The van der Waals surface area contributed by atoms with E-state index in [2.05, 4.69) is 5.32 Å². The Labute approximate surface area is 179 Å². The highest BCUT2D eigenvalue weighted by Crippen LogP contribution is 2.26. The van der Waals surface area contributed by atoms with Crippen LogP contribution in [0.3, 0.4) is 0 Å². The highest BCUT2D eigenvalue weighted by molar-refractivity contribution is 6.02. The van der Waals surface area contributed by atoms with Gasteiger partial charge >= 0.3 is 0 Å². The molecule has 0 fully saturated rings. The third kappa shape index (κ3) is 6.10. The summed E-state index contributed by atoms with van der Waals surface area (Å²) in [5.74, 6) is 0.0602.